The zero-order valence-corrected chi connectivity index (χ0v) is 16.6. The molecule has 0 aliphatic carbocycles. The lowest BCUT2D eigenvalue weighted by Crippen LogP contribution is -2.16. The Bertz CT molecular complexity index is 768. The number of aromatic nitrogens is 3. The van der Waals surface area contributed by atoms with Crippen molar-refractivity contribution < 1.29 is 14.3 Å². The molecule has 0 fully saturated rings. The second kappa shape index (κ2) is 8.48. The fourth-order valence-electron chi connectivity index (χ4n) is 2.33. The third-order valence-electron chi connectivity index (χ3n) is 3.41. The van der Waals surface area contributed by atoms with Gasteiger partial charge in [0.1, 0.15) is 10.8 Å². The number of hydrogen-bond acceptors (Lipinski definition) is 7. The van der Waals surface area contributed by atoms with Gasteiger partial charge < -0.3 is 14.6 Å². The number of rotatable bonds is 7. The predicted molar refractivity (Wildman–Crippen MR) is 99.5 cm³/mol. The number of ether oxygens (including phenoxy) is 1. The summed E-state index contributed by atoms with van der Waals surface area (Å²) in [5.41, 5.74) is 0.377. The molecule has 2 aromatic rings. The van der Waals surface area contributed by atoms with Crippen molar-refractivity contribution >= 4 is 40.0 Å². The highest BCUT2D eigenvalue weighted by Crippen LogP contribution is 2.29. The standard InChI is InChI=1S/C16H22N4O3S2/c1-6-12-18-19-16(20(12)9(2)3)24-8-13(21)17-14-11(15(22)23-5)7-10(4)25-14/h7,9H,6,8H2,1-5H3,(H,17,21). The van der Waals surface area contributed by atoms with Crippen molar-refractivity contribution in [1.29, 1.82) is 0 Å². The van der Waals surface area contributed by atoms with E-state index >= 15 is 0 Å². The van der Waals surface area contributed by atoms with Gasteiger partial charge >= 0.3 is 5.97 Å². The molecule has 0 radical (unpaired) electrons. The summed E-state index contributed by atoms with van der Waals surface area (Å²) in [7, 11) is 1.32. The molecule has 0 saturated heterocycles. The van der Waals surface area contributed by atoms with Crippen molar-refractivity contribution in [2.75, 3.05) is 18.2 Å². The van der Waals surface area contributed by atoms with Crippen LogP contribution in [0.3, 0.4) is 0 Å². The number of nitrogens with zero attached hydrogens (tertiary/aromatic N) is 3. The Morgan fingerprint density at radius 1 is 1.40 bits per heavy atom. The molecule has 2 rings (SSSR count). The molecule has 2 aromatic heterocycles. The minimum absolute atomic E-state index is 0.187. The van der Waals surface area contributed by atoms with Gasteiger partial charge in [0.2, 0.25) is 5.91 Å². The van der Waals surface area contributed by atoms with E-state index in [1.165, 1.54) is 30.2 Å². The summed E-state index contributed by atoms with van der Waals surface area (Å²) >= 11 is 2.68. The Labute approximate surface area is 155 Å². The van der Waals surface area contributed by atoms with Crippen molar-refractivity contribution in [3.8, 4) is 0 Å². The van der Waals surface area contributed by atoms with Crippen molar-refractivity contribution in [3.05, 3.63) is 22.3 Å². The van der Waals surface area contributed by atoms with E-state index < -0.39 is 5.97 Å². The van der Waals surface area contributed by atoms with Gasteiger partial charge in [0.05, 0.1) is 18.4 Å². The number of methoxy groups -OCH3 is 1. The largest absolute Gasteiger partial charge is 0.465 e. The molecule has 0 atom stereocenters. The summed E-state index contributed by atoms with van der Waals surface area (Å²) in [5.74, 6) is 0.430. The molecule has 25 heavy (non-hydrogen) atoms. The number of thioether (sulfide) groups is 1. The molecule has 0 spiro atoms. The normalized spacial score (nSPS) is 11.0. The first-order valence-corrected chi connectivity index (χ1v) is 9.72. The second-order valence-corrected chi connectivity index (χ2v) is 7.84. The second-order valence-electron chi connectivity index (χ2n) is 5.64. The van der Waals surface area contributed by atoms with Gasteiger partial charge in [-0.25, -0.2) is 4.79 Å². The topological polar surface area (TPSA) is 86.1 Å². The summed E-state index contributed by atoms with van der Waals surface area (Å²) in [6.45, 7) is 8.02. The van der Waals surface area contributed by atoms with Gasteiger partial charge in [-0.1, -0.05) is 18.7 Å². The van der Waals surface area contributed by atoms with Gasteiger partial charge in [0.15, 0.2) is 5.16 Å². The summed E-state index contributed by atoms with van der Waals surface area (Å²) < 4.78 is 6.78. The Balaban J connectivity index is 2.05. The lowest BCUT2D eigenvalue weighted by Gasteiger charge is -2.12. The summed E-state index contributed by atoms with van der Waals surface area (Å²) in [6, 6.07) is 1.93. The van der Waals surface area contributed by atoms with Crippen molar-refractivity contribution in [3.63, 3.8) is 0 Å². The van der Waals surface area contributed by atoms with Gasteiger partial charge in [-0.3, -0.25) is 4.79 Å². The highest BCUT2D eigenvalue weighted by molar-refractivity contribution is 7.99. The molecule has 136 valence electrons. The predicted octanol–water partition coefficient (Wildman–Crippen LogP) is 3.31. The minimum atomic E-state index is -0.459. The molecule has 1 N–H and O–H groups in total. The SMILES string of the molecule is CCc1nnc(SCC(=O)Nc2sc(C)cc2C(=O)OC)n1C(C)C. The molecule has 0 bridgehead atoms. The number of nitrogens with one attached hydrogen (secondary N) is 1. The summed E-state index contributed by atoms with van der Waals surface area (Å²) in [6.07, 6.45) is 0.787. The Morgan fingerprint density at radius 3 is 2.72 bits per heavy atom. The van der Waals surface area contributed by atoms with Crippen molar-refractivity contribution in [2.45, 2.75) is 45.3 Å². The molecule has 0 unspecified atom stereocenters. The minimum Gasteiger partial charge on any atom is -0.465 e. The van der Waals surface area contributed by atoms with Crippen LogP contribution >= 0.6 is 23.1 Å². The Kier molecular flexibility index (Phi) is 6.60. The lowest BCUT2D eigenvalue weighted by molar-refractivity contribution is -0.113. The Hall–Kier alpha value is -1.87. The molecule has 1 amide bonds. The zero-order valence-electron chi connectivity index (χ0n) is 15.0. The van der Waals surface area contributed by atoms with Crippen LogP contribution in [-0.2, 0) is 16.0 Å². The number of esters is 1. The molecule has 2 heterocycles. The summed E-state index contributed by atoms with van der Waals surface area (Å²) in [5, 5.41) is 12.4. The van der Waals surface area contributed by atoms with Crippen LogP contribution in [0.4, 0.5) is 5.00 Å². The molecule has 7 nitrogen and oxygen atoms in total. The third-order valence-corrected chi connectivity index (χ3v) is 5.32. The van der Waals surface area contributed by atoms with Crippen LogP contribution in [0.2, 0.25) is 0 Å². The van der Waals surface area contributed by atoms with Gasteiger partial charge in [-0.15, -0.1) is 21.5 Å². The van der Waals surface area contributed by atoms with E-state index in [9.17, 15) is 9.59 Å². The molecule has 0 saturated carbocycles. The monoisotopic (exact) mass is 382 g/mol. The van der Waals surface area contributed by atoms with Crippen LogP contribution in [0.15, 0.2) is 11.2 Å². The maximum Gasteiger partial charge on any atom is 0.340 e. The highest BCUT2D eigenvalue weighted by atomic mass is 32.2. The van der Waals surface area contributed by atoms with E-state index in [4.69, 9.17) is 4.74 Å². The van der Waals surface area contributed by atoms with Gasteiger partial charge in [-0.05, 0) is 26.8 Å². The fraction of sp³-hybridized carbons (Fsp3) is 0.500. The van der Waals surface area contributed by atoms with Gasteiger partial charge in [0, 0.05) is 17.3 Å². The number of hydrogen-bond donors (Lipinski definition) is 1. The molecule has 0 aliphatic rings. The average Bonchev–Trinajstić information content (AvgIpc) is 3.15. The summed E-state index contributed by atoms with van der Waals surface area (Å²) in [4.78, 5) is 25.0. The number of carbonyl (C=O) groups excluding carboxylic acids is 2. The van der Waals surface area contributed by atoms with E-state index in [0.717, 1.165) is 22.3 Å². The molecule has 0 aromatic carbocycles. The van der Waals surface area contributed by atoms with Crippen LogP contribution in [0.25, 0.3) is 0 Å². The lowest BCUT2D eigenvalue weighted by atomic mass is 10.3. The van der Waals surface area contributed by atoms with Crippen LogP contribution in [0, 0.1) is 6.92 Å². The van der Waals surface area contributed by atoms with Gasteiger partial charge in [-0.2, -0.15) is 0 Å². The number of anilines is 1. The molecular formula is C16H22N4O3S2. The number of aryl methyl sites for hydroxylation is 2. The van der Waals surface area contributed by atoms with Crippen LogP contribution in [0.1, 0.15) is 47.9 Å². The third kappa shape index (κ3) is 4.60. The average molecular weight is 383 g/mol. The maximum absolute atomic E-state index is 12.3. The van der Waals surface area contributed by atoms with Gasteiger partial charge in [0.25, 0.3) is 0 Å². The van der Waals surface area contributed by atoms with Crippen molar-refractivity contribution in [2.24, 2.45) is 0 Å². The van der Waals surface area contributed by atoms with E-state index in [2.05, 4.69) is 29.4 Å². The molecule has 9 heteroatoms. The van der Waals surface area contributed by atoms with E-state index in [1.807, 2.05) is 18.4 Å². The molecular weight excluding hydrogens is 360 g/mol. The first-order valence-electron chi connectivity index (χ1n) is 7.92. The van der Waals surface area contributed by atoms with E-state index in [0.29, 0.717) is 10.6 Å². The highest BCUT2D eigenvalue weighted by Gasteiger charge is 2.19. The number of thiophene rings is 1. The number of amides is 1. The quantitative estimate of drug-likeness (QED) is 0.584. The van der Waals surface area contributed by atoms with Crippen LogP contribution < -0.4 is 5.32 Å². The molecule has 0 aliphatic heterocycles. The van der Waals surface area contributed by atoms with Crippen LogP contribution in [-0.4, -0.2) is 39.5 Å². The number of carbonyl (C=O) groups is 2. The first-order chi connectivity index (χ1) is 11.9. The van der Waals surface area contributed by atoms with Crippen molar-refractivity contribution in [1.82, 2.24) is 14.8 Å². The fourth-order valence-corrected chi connectivity index (χ4v) is 4.13. The maximum atomic E-state index is 12.3. The van der Waals surface area contributed by atoms with Crippen LogP contribution in [0.5, 0.6) is 0 Å². The Morgan fingerprint density at radius 2 is 2.12 bits per heavy atom. The zero-order chi connectivity index (χ0) is 18.6. The smallest absolute Gasteiger partial charge is 0.340 e. The first kappa shape index (κ1) is 19.5. The van der Waals surface area contributed by atoms with E-state index in [-0.39, 0.29) is 17.7 Å². The van der Waals surface area contributed by atoms with E-state index in [1.54, 1.807) is 6.07 Å².